The van der Waals surface area contributed by atoms with Gasteiger partial charge in [-0.25, -0.2) is 20.0 Å². The van der Waals surface area contributed by atoms with Crippen LogP contribution in [0.25, 0.3) is 0 Å². The highest BCUT2D eigenvalue weighted by Crippen LogP contribution is 2.22. The summed E-state index contributed by atoms with van der Waals surface area (Å²) in [6, 6.07) is 0. The first-order valence-corrected chi connectivity index (χ1v) is 8.94. The second-order valence-electron chi connectivity index (χ2n) is 6.20. The summed E-state index contributed by atoms with van der Waals surface area (Å²) in [5, 5.41) is 0. The number of aliphatic imine (C=N–C) groups is 3. The van der Waals surface area contributed by atoms with Crippen LogP contribution in [-0.4, -0.2) is 27.6 Å². The maximum atomic E-state index is 4.74. The summed E-state index contributed by atoms with van der Waals surface area (Å²) in [6.07, 6.45) is 15.4. The second kappa shape index (κ2) is 7.99. The van der Waals surface area contributed by atoms with Gasteiger partial charge >= 0.3 is 0 Å². The van der Waals surface area contributed by atoms with Crippen molar-refractivity contribution in [3.63, 3.8) is 0 Å². The van der Waals surface area contributed by atoms with Gasteiger partial charge in [-0.05, 0) is 31.8 Å². The zero-order valence-corrected chi connectivity index (χ0v) is 14.5. The molecule has 0 radical (unpaired) electrons. The van der Waals surface area contributed by atoms with Gasteiger partial charge in [-0.3, -0.25) is 0 Å². The lowest BCUT2D eigenvalue weighted by atomic mass is 10.2. The minimum absolute atomic E-state index is 0.751. The fourth-order valence-electron chi connectivity index (χ4n) is 2.71. The number of nitrogens with one attached hydrogen (secondary N) is 1. The zero-order valence-electron chi connectivity index (χ0n) is 14.5. The van der Waals surface area contributed by atoms with Crippen molar-refractivity contribution >= 4 is 17.6 Å². The van der Waals surface area contributed by atoms with Crippen molar-refractivity contribution in [1.82, 2.24) is 9.97 Å². The molecule has 1 aromatic rings. The van der Waals surface area contributed by atoms with Crippen molar-refractivity contribution < 1.29 is 0 Å². The van der Waals surface area contributed by atoms with Gasteiger partial charge in [0.05, 0.1) is 17.6 Å². The van der Waals surface area contributed by atoms with Crippen LogP contribution in [0.5, 0.6) is 0 Å². The summed E-state index contributed by atoms with van der Waals surface area (Å²) in [5.41, 5.74) is 4.01. The molecule has 24 heavy (non-hydrogen) atoms. The van der Waals surface area contributed by atoms with E-state index in [1.54, 1.807) is 0 Å². The minimum Gasteiger partial charge on any atom is -0.341 e. The van der Waals surface area contributed by atoms with Crippen molar-refractivity contribution in [2.24, 2.45) is 15.0 Å². The van der Waals surface area contributed by atoms with E-state index in [4.69, 9.17) is 4.99 Å². The summed E-state index contributed by atoms with van der Waals surface area (Å²) in [6.45, 7) is 4.38. The van der Waals surface area contributed by atoms with Crippen LogP contribution in [0.15, 0.2) is 44.8 Å². The molecular weight excluding hydrogens is 298 g/mol. The van der Waals surface area contributed by atoms with Crippen molar-refractivity contribution in [2.75, 3.05) is 0 Å². The van der Waals surface area contributed by atoms with E-state index >= 15 is 0 Å². The Balaban J connectivity index is 1.77. The van der Waals surface area contributed by atoms with E-state index in [9.17, 15) is 0 Å². The number of imidazole rings is 1. The first-order valence-electron chi connectivity index (χ1n) is 8.94. The zero-order chi connectivity index (χ0) is 16.8. The average molecular weight is 323 g/mol. The molecule has 5 nitrogen and oxygen atoms in total. The Labute approximate surface area is 143 Å². The van der Waals surface area contributed by atoms with Gasteiger partial charge in [-0.1, -0.05) is 32.8 Å². The first-order chi connectivity index (χ1) is 11.8. The predicted molar refractivity (Wildman–Crippen MR) is 100.0 cm³/mol. The summed E-state index contributed by atoms with van der Waals surface area (Å²) in [5.74, 6) is 1.58. The van der Waals surface area contributed by atoms with Crippen molar-refractivity contribution in [3.05, 3.63) is 41.4 Å². The van der Waals surface area contributed by atoms with Crippen molar-refractivity contribution in [1.29, 1.82) is 0 Å². The Kier molecular flexibility index (Phi) is 5.51. The van der Waals surface area contributed by atoms with Crippen LogP contribution in [0.3, 0.4) is 0 Å². The molecule has 0 unspecified atom stereocenters. The molecule has 0 aliphatic carbocycles. The SMILES string of the molecule is CCCCC1=N/C(=C2/CC=CC(c3ncc(CCCC)[nH]3)=N2)N=C1. The summed E-state index contributed by atoms with van der Waals surface area (Å²) >= 11 is 0. The number of unbranched alkanes of at least 4 members (excludes halogenated alkanes) is 2. The molecule has 0 fully saturated rings. The lowest BCUT2D eigenvalue weighted by molar-refractivity contribution is 0.780. The number of aryl methyl sites for hydroxylation is 1. The van der Waals surface area contributed by atoms with E-state index in [1.807, 2.05) is 18.5 Å². The van der Waals surface area contributed by atoms with Crippen LogP contribution in [0, 0.1) is 0 Å². The minimum atomic E-state index is 0.751. The number of H-pyrrole nitrogens is 1. The van der Waals surface area contributed by atoms with Gasteiger partial charge in [0.1, 0.15) is 5.71 Å². The highest BCUT2D eigenvalue weighted by Gasteiger charge is 2.15. The fourth-order valence-corrected chi connectivity index (χ4v) is 2.71. The van der Waals surface area contributed by atoms with Crippen LogP contribution < -0.4 is 0 Å². The first kappa shape index (κ1) is 16.6. The number of nitrogens with zero attached hydrogens (tertiary/aromatic N) is 4. The fraction of sp³-hybridized carbons (Fsp3) is 0.474. The molecule has 2 aliphatic rings. The smallest absolute Gasteiger partial charge is 0.174 e. The molecule has 1 N–H and O–H groups in total. The maximum absolute atomic E-state index is 4.74. The van der Waals surface area contributed by atoms with Crippen molar-refractivity contribution in [2.45, 2.75) is 58.8 Å². The van der Waals surface area contributed by atoms with E-state index in [2.05, 4.69) is 39.9 Å². The van der Waals surface area contributed by atoms with Gasteiger partial charge in [0.2, 0.25) is 0 Å². The van der Waals surface area contributed by atoms with E-state index in [0.717, 1.165) is 54.4 Å². The van der Waals surface area contributed by atoms with Gasteiger partial charge in [-0.2, -0.15) is 0 Å². The lowest BCUT2D eigenvalue weighted by Crippen LogP contribution is -2.05. The molecule has 0 atom stereocenters. The van der Waals surface area contributed by atoms with Crippen molar-refractivity contribution in [3.8, 4) is 0 Å². The molecule has 2 aliphatic heterocycles. The Morgan fingerprint density at radius 1 is 1.08 bits per heavy atom. The molecule has 0 saturated carbocycles. The van der Waals surface area contributed by atoms with E-state index < -0.39 is 0 Å². The maximum Gasteiger partial charge on any atom is 0.174 e. The molecule has 1 aromatic heterocycles. The van der Waals surface area contributed by atoms with Crippen LogP contribution in [-0.2, 0) is 6.42 Å². The average Bonchev–Trinajstić information content (AvgIpc) is 3.28. The number of aromatic amines is 1. The summed E-state index contributed by atoms with van der Waals surface area (Å²) < 4.78 is 0. The summed E-state index contributed by atoms with van der Waals surface area (Å²) in [4.78, 5) is 21.7. The van der Waals surface area contributed by atoms with Crippen LogP contribution in [0.1, 0.15) is 63.9 Å². The molecule has 0 saturated heterocycles. The third-order valence-electron chi connectivity index (χ3n) is 4.14. The topological polar surface area (TPSA) is 65.8 Å². The van der Waals surface area contributed by atoms with Gasteiger partial charge in [-0.15, -0.1) is 0 Å². The normalized spacial score (nSPS) is 19.8. The van der Waals surface area contributed by atoms with E-state index in [-0.39, 0.29) is 0 Å². The third kappa shape index (κ3) is 3.96. The highest BCUT2D eigenvalue weighted by molar-refractivity contribution is 6.32. The van der Waals surface area contributed by atoms with Gasteiger partial charge in [0.25, 0.3) is 0 Å². The Morgan fingerprint density at radius 3 is 2.75 bits per heavy atom. The van der Waals surface area contributed by atoms with Crippen LogP contribution in [0.2, 0.25) is 0 Å². The molecule has 3 rings (SSSR count). The third-order valence-corrected chi connectivity index (χ3v) is 4.14. The number of hydrogen-bond acceptors (Lipinski definition) is 4. The number of rotatable bonds is 7. The monoisotopic (exact) mass is 323 g/mol. The number of hydrogen-bond donors (Lipinski definition) is 1. The standard InChI is InChI=1S/C19H25N5/c1-3-5-8-14-12-20-18(22-14)16-10-7-11-17(24-16)19-21-13-15(23-19)9-6-4-2/h7,10,12-13H,3-6,8-9,11H2,1-2H3,(H,20,22)/b19-17-. The number of allylic oxidation sites excluding steroid dienone is 2. The number of dihydropyridines is 1. The molecule has 126 valence electrons. The largest absolute Gasteiger partial charge is 0.341 e. The molecule has 5 heteroatoms. The van der Waals surface area contributed by atoms with E-state index in [1.165, 1.54) is 25.0 Å². The quantitative estimate of drug-likeness (QED) is 0.794. The Morgan fingerprint density at radius 2 is 1.92 bits per heavy atom. The molecule has 0 aromatic carbocycles. The molecule has 3 heterocycles. The second-order valence-corrected chi connectivity index (χ2v) is 6.20. The molecular formula is C19H25N5. The molecule has 0 bridgehead atoms. The summed E-state index contributed by atoms with van der Waals surface area (Å²) in [7, 11) is 0. The molecule has 0 spiro atoms. The Bertz CT molecular complexity index is 731. The molecule has 0 amide bonds. The van der Waals surface area contributed by atoms with Crippen LogP contribution in [0.4, 0.5) is 0 Å². The lowest BCUT2D eigenvalue weighted by Gasteiger charge is -2.07. The Hall–Kier alpha value is -2.30. The van der Waals surface area contributed by atoms with Gasteiger partial charge in [0, 0.05) is 18.3 Å². The van der Waals surface area contributed by atoms with E-state index in [0.29, 0.717) is 0 Å². The number of aromatic nitrogens is 2. The highest BCUT2D eigenvalue weighted by atomic mass is 15.0. The van der Waals surface area contributed by atoms with Gasteiger partial charge < -0.3 is 4.98 Å². The van der Waals surface area contributed by atoms with Crippen LogP contribution >= 0.6 is 0 Å². The predicted octanol–water partition coefficient (Wildman–Crippen LogP) is 4.39. The van der Waals surface area contributed by atoms with Gasteiger partial charge in [0.15, 0.2) is 11.6 Å².